The minimum Gasteiger partial charge on any atom is -0.443 e. The quantitative estimate of drug-likeness (QED) is 0.623. The molecule has 0 aliphatic rings. The Morgan fingerprint density at radius 2 is 1.40 bits per heavy atom. The average Bonchev–Trinajstić information content (AvgIpc) is 1.96. The molecule has 0 N–H and O–H groups in total. The summed E-state index contributed by atoms with van der Waals surface area (Å²) in [6, 6.07) is 0. The van der Waals surface area contributed by atoms with Gasteiger partial charge in [0.25, 0.3) is 0 Å². The Bertz CT molecular complexity index is 258. The Morgan fingerprint density at radius 3 is 1.67 bits per heavy atom. The van der Waals surface area contributed by atoms with Crippen molar-refractivity contribution in [2.24, 2.45) is 5.41 Å². The molecule has 0 bridgehead atoms. The van der Waals surface area contributed by atoms with Crippen LogP contribution in [0.4, 0.5) is 4.79 Å². The molecule has 0 heterocycles. The summed E-state index contributed by atoms with van der Waals surface area (Å²) in [5.74, 6) is -0.253. The van der Waals surface area contributed by atoms with E-state index in [9.17, 15) is 9.59 Å². The van der Waals surface area contributed by atoms with E-state index < -0.39 is 17.1 Å². The molecule has 2 amide bonds. The molecule has 0 radical (unpaired) electrons. The first kappa shape index (κ1) is 13.9. The van der Waals surface area contributed by atoms with Crippen LogP contribution in [-0.4, -0.2) is 29.5 Å². The van der Waals surface area contributed by atoms with Gasteiger partial charge in [-0.1, -0.05) is 20.8 Å². The van der Waals surface area contributed by atoms with E-state index >= 15 is 0 Å². The standard InChI is InChI=1S/C11H21NO3/c1-10(2,3)8(13)12(7)9(14)15-11(4,5)6/h1-7H3. The second-order valence-electron chi connectivity index (χ2n) is 5.59. The predicted octanol–water partition coefficient (Wildman–Crippen LogP) is 2.43. The van der Waals surface area contributed by atoms with Crippen LogP contribution in [0.5, 0.6) is 0 Å². The van der Waals surface area contributed by atoms with E-state index in [-0.39, 0.29) is 5.91 Å². The molecule has 0 saturated heterocycles. The van der Waals surface area contributed by atoms with Crippen molar-refractivity contribution in [1.82, 2.24) is 4.90 Å². The smallest absolute Gasteiger partial charge is 0.416 e. The predicted molar refractivity (Wildman–Crippen MR) is 58.5 cm³/mol. The summed E-state index contributed by atoms with van der Waals surface area (Å²) in [7, 11) is 1.43. The Labute approximate surface area is 91.6 Å². The summed E-state index contributed by atoms with van der Waals surface area (Å²) in [5.41, 5.74) is -1.16. The van der Waals surface area contributed by atoms with Crippen molar-refractivity contribution in [1.29, 1.82) is 0 Å². The first-order valence-electron chi connectivity index (χ1n) is 4.96. The molecule has 0 aromatic heterocycles. The molecule has 88 valence electrons. The summed E-state index contributed by atoms with van der Waals surface area (Å²) < 4.78 is 5.08. The van der Waals surface area contributed by atoms with Gasteiger partial charge < -0.3 is 4.74 Å². The van der Waals surface area contributed by atoms with Crippen molar-refractivity contribution in [3.05, 3.63) is 0 Å². The molecule has 0 aliphatic carbocycles. The number of carbonyl (C=O) groups excluding carboxylic acids is 2. The summed E-state index contributed by atoms with van der Waals surface area (Å²) in [6.07, 6.45) is -0.609. The van der Waals surface area contributed by atoms with Crippen LogP contribution in [0.25, 0.3) is 0 Å². The molecule has 0 fully saturated rings. The normalized spacial score (nSPS) is 12.2. The highest BCUT2D eigenvalue weighted by Gasteiger charge is 2.31. The number of hydrogen-bond acceptors (Lipinski definition) is 3. The molecule has 0 saturated carbocycles. The minimum absolute atomic E-state index is 0.253. The third-order valence-corrected chi connectivity index (χ3v) is 1.61. The van der Waals surface area contributed by atoms with Gasteiger partial charge in [0.05, 0.1) is 0 Å². The van der Waals surface area contributed by atoms with E-state index in [1.165, 1.54) is 7.05 Å². The van der Waals surface area contributed by atoms with Gasteiger partial charge in [0.1, 0.15) is 5.60 Å². The molecular weight excluding hydrogens is 194 g/mol. The van der Waals surface area contributed by atoms with Crippen LogP contribution in [-0.2, 0) is 9.53 Å². The molecule has 0 unspecified atom stereocenters. The highest BCUT2D eigenvalue weighted by atomic mass is 16.6. The molecule has 4 heteroatoms. The lowest BCUT2D eigenvalue weighted by atomic mass is 9.95. The van der Waals surface area contributed by atoms with E-state index in [0.717, 1.165) is 4.90 Å². The SMILES string of the molecule is CN(C(=O)OC(C)(C)C)C(=O)C(C)(C)C. The monoisotopic (exact) mass is 215 g/mol. The van der Waals surface area contributed by atoms with Crippen LogP contribution >= 0.6 is 0 Å². The lowest BCUT2D eigenvalue weighted by molar-refractivity contribution is -0.137. The van der Waals surface area contributed by atoms with Gasteiger partial charge in [-0.15, -0.1) is 0 Å². The molecule has 0 aliphatic heterocycles. The van der Waals surface area contributed by atoms with E-state index in [2.05, 4.69) is 0 Å². The Balaban J connectivity index is 4.54. The highest BCUT2D eigenvalue weighted by Crippen LogP contribution is 2.18. The van der Waals surface area contributed by atoms with Gasteiger partial charge in [0.2, 0.25) is 5.91 Å². The molecule has 0 aromatic carbocycles. The Morgan fingerprint density at radius 1 is 1.00 bits per heavy atom. The van der Waals surface area contributed by atoms with Gasteiger partial charge in [0, 0.05) is 12.5 Å². The molecule has 0 atom stereocenters. The van der Waals surface area contributed by atoms with Crippen LogP contribution < -0.4 is 0 Å². The molecule has 0 spiro atoms. The summed E-state index contributed by atoms with van der Waals surface area (Å²) in [4.78, 5) is 24.3. The number of ether oxygens (including phenoxy) is 1. The zero-order valence-electron chi connectivity index (χ0n) is 10.7. The average molecular weight is 215 g/mol. The molecule has 15 heavy (non-hydrogen) atoms. The number of rotatable bonds is 0. The van der Waals surface area contributed by atoms with Gasteiger partial charge in [-0.05, 0) is 20.8 Å². The summed E-state index contributed by atoms with van der Waals surface area (Å²) in [6.45, 7) is 10.6. The van der Waals surface area contributed by atoms with Crippen molar-refractivity contribution in [2.45, 2.75) is 47.1 Å². The Hall–Kier alpha value is -1.06. The van der Waals surface area contributed by atoms with Crippen molar-refractivity contribution < 1.29 is 14.3 Å². The molecule has 0 rings (SSSR count). The second kappa shape index (κ2) is 4.21. The lowest BCUT2D eigenvalue weighted by Crippen LogP contribution is -2.43. The van der Waals surface area contributed by atoms with Crippen LogP contribution in [0, 0.1) is 5.41 Å². The minimum atomic E-state index is -0.609. The maximum atomic E-state index is 11.7. The van der Waals surface area contributed by atoms with Crippen molar-refractivity contribution in [2.75, 3.05) is 7.05 Å². The van der Waals surface area contributed by atoms with Crippen molar-refractivity contribution in [3.8, 4) is 0 Å². The first-order valence-corrected chi connectivity index (χ1v) is 4.96. The van der Waals surface area contributed by atoms with Crippen LogP contribution in [0.2, 0.25) is 0 Å². The van der Waals surface area contributed by atoms with E-state index in [0.29, 0.717) is 0 Å². The van der Waals surface area contributed by atoms with Gasteiger partial charge >= 0.3 is 6.09 Å². The van der Waals surface area contributed by atoms with Gasteiger partial charge in [-0.3, -0.25) is 9.69 Å². The fourth-order valence-corrected chi connectivity index (χ4v) is 0.916. The molecule has 4 nitrogen and oxygen atoms in total. The lowest BCUT2D eigenvalue weighted by Gasteiger charge is -2.27. The number of hydrogen-bond donors (Lipinski definition) is 0. The second-order valence-corrected chi connectivity index (χ2v) is 5.59. The number of imide groups is 1. The number of amides is 2. The third-order valence-electron chi connectivity index (χ3n) is 1.61. The molecule has 0 aromatic rings. The topological polar surface area (TPSA) is 46.6 Å². The number of nitrogens with zero attached hydrogens (tertiary/aromatic N) is 1. The van der Waals surface area contributed by atoms with Crippen LogP contribution in [0.1, 0.15) is 41.5 Å². The fourth-order valence-electron chi connectivity index (χ4n) is 0.916. The van der Waals surface area contributed by atoms with Gasteiger partial charge in [-0.2, -0.15) is 0 Å². The van der Waals surface area contributed by atoms with E-state index in [1.807, 2.05) is 0 Å². The number of carbonyl (C=O) groups is 2. The summed E-state index contributed by atoms with van der Waals surface area (Å²) in [5, 5.41) is 0. The zero-order valence-corrected chi connectivity index (χ0v) is 10.7. The van der Waals surface area contributed by atoms with Crippen LogP contribution in [0.3, 0.4) is 0 Å². The maximum Gasteiger partial charge on any atom is 0.416 e. The van der Waals surface area contributed by atoms with Crippen molar-refractivity contribution in [3.63, 3.8) is 0 Å². The van der Waals surface area contributed by atoms with Crippen LogP contribution in [0.15, 0.2) is 0 Å². The van der Waals surface area contributed by atoms with E-state index in [1.54, 1.807) is 41.5 Å². The largest absolute Gasteiger partial charge is 0.443 e. The maximum absolute atomic E-state index is 11.7. The van der Waals surface area contributed by atoms with Gasteiger partial charge in [-0.25, -0.2) is 4.79 Å². The van der Waals surface area contributed by atoms with E-state index in [4.69, 9.17) is 4.74 Å². The third kappa shape index (κ3) is 4.81. The van der Waals surface area contributed by atoms with Gasteiger partial charge in [0.15, 0.2) is 0 Å². The highest BCUT2D eigenvalue weighted by molar-refractivity contribution is 5.94. The zero-order chi connectivity index (χ0) is 12.4. The molecular formula is C11H21NO3. The first-order chi connectivity index (χ1) is 6.45. The Kier molecular flexibility index (Phi) is 3.91. The fraction of sp³-hybridized carbons (Fsp3) is 0.818. The summed E-state index contributed by atoms with van der Waals surface area (Å²) >= 11 is 0. The van der Waals surface area contributed by atoms with Crippen molar-refractivity contribution >= 4 is 12.0 Å².